The number of fused-ring (bicyclic) bond motifs is 1. The lowest BCUT2D eigenvalue weighted by molar-refractivity contribution is -0.119. The molecule has 0 atom stereocenters. The van der Waals surface area contributed by atoms with Gasteiger partial charge in [-0.3, -0.25) is 10.2 Å². The zero-order valence-corrected chi connectivity index (χ0v) is 13.2. The molecule has 0 saturated heterocycles. The Morgan fingerprint density at radius 2 is 2.19 bits per heavy atom. The molecule has 114 valence electrons. The fourth-order valence-electron chi connectivity index (χ4n) is 1.79. The number of anilines is 2. The number of nitrogen functional groups attached to an aromatic ring is 1. The van der Waals surface area contributed by atoms with E-state index in [0.29, 0.717) is 24.2 Å². The number of nitrogens with two attached hydrogens (primary N) is 1. The van der Waals surface area contributed by atoms with Crippen molar-refractivity contribution < 1.29 is 4.79 Å². The van der Waals surface area contributed by atoms with Crippen LogP contribution in [-0.4, -0.2) is 29.0 Å². The number of carbonyl (C=O) groups is 1. The van der Waals surface area contributed by atoms with Gasteiger partial charge in [-0.05, 0) is 18.9 Å². The quantitative estimate of drug-likeness (QED) is 0.476. The molecule has 0 aliphatic heterocycles. The van der Waals surface area contributed by atoms with Crippen molar-refractivity contribution in [2.75, 3.05) is 23.8 Å². The number of nitrogens with one attached hydrogen (secondary N) is 3. The standard InChI is InChI=1S/C13H20N6OS/c1-7(2)5-15-10(20)6-16-11-9-4-8(3)21-12(9)18-13(17-11)19-14/h4,7H,5-6,14H2,1-3H3,(H,15,20)(H2,16,17,18,19). The number of hydrogen-bond acceptors (Lipinski definition) is 7. The Hall–Kier alpha value is -1.93. The maximum absolute atomic E-state index is 11.8. The molecule has 8 heteroatoms. The Labute approximate surface area is 127 Å². The second-order valence-electron chi connectivity index (χ2n) is 5.17. The zero-order valence-electron chi connectivity index (χ0n) is 12.4. The van der Waals surface area contributed by atoms with Crippen LogP contribution in [0.2, 0.25) is 0 Å². The molecule has 7 nitrogen and oxygen atoms in total. The lowest BCUT2D eigenvalue weighted by atomic mass is 10.2. The third-order valence-corrected chi connectivity index (χ3v) is 3.71. The monoisotopic (exact) mass is 308 g/mol. The van der Waals surface area contributed by atoms with Crippen molar-refractivity contribution >= 4 is 39.2 Å². The van der Waals surface area contributed by atoms with Gasteiger partial charge < -0.3 is 10.6 Å². The Morgan fingerprint density at radius 1 is 1.43 bits per heavy atom. The second kappa shape index (κ2) is 6.68. The summed E-state index contributed by atoms with van der Waals surface area (Å²) < 4.78 is 0. The highest BCUT2D eigenvalue weighted by atomic mass is 32.1. The first kappa shape index (κ1) is 15.5. The Kier molecular flexibility index (Phi) is 4.92. The summed E-state index contributed by atoms with van der Waals surface area (Å²) in [5.41, 5.74) is 2.44. The maximum atomic E-state index is 11.8. The van der Waals surface area contributed by atoms with E-state index >= 15 is 0 Å². The summed E-state index contributed by atoms with van der Waals surface area (Å²) in [6.45, 7) is 6.93. The maximum Gasteiger partial charge on any atom is 0.240 e. The molecule has 0 radical (unpaired) electrons. The van der Waals surface area contributed by atoms with Crippen LogP contribution in [0.5, 0.6) is 0 Å². The fourth-order valence-corrected chi connectivity index (χ4v) is 2.67. The minimum absolute atomic E-state index is 0.0651. The first-order valence-corrected chi connectivity index (χ1v) is 7.56. The summed E-state index contributed by atoms with van der Waals surface area (Å²) >= 11 is 1.56. The number of aromatic nitrogens is 2. The number of rotatable bonds is 6. The van der Waals surface area contributed by atoms with E-state index < -0.39 is 0 Å². The van der Waals surface area contributed by atoms with E-state index in [0.717, 1.165) is 15.1 Å². The van der Waals surface area contributed by atoms with E-state index in [1.165, 1.54) is 0 Å². The molecule has 5 N–H and O–H groups in total. The van der Waals surface area contributed by atoms with Gasteiger partial charge >= 0.3 is 0 Å². The molecular formula is C13H20N6OS. The van der Waals surface area contributed by atoms with Crippen LogP contribution in [-0.2, 0) is 4.79 Å². The van der Waals surface area contributed by atoms with E-state index in [1.54, 1.807) is 11.3 Å². The van der Waals surface area contributed by atoms with Crippen LogP contribution >= 0.6 is 11.3 Å². The number of thiophene rings is 1. The predicted octanol–water partition coefficient (Wildman–Crippen LogP) is 1.47. The van der Waals surface area contributed by atoms with Gasteiger partial charge in [-0.2, -0.15) is 4.98 Å². The topological polar surface area (TPSA) is 105 Å². The van der Waals surface area contributed by atoms with Gasteiger partial charge in [0.1, 0.15) is 10.6 Å². The number of hydrazine groups is 1. The average molecular weight is 308 g/mol. The second-order valence-corrected chi connectivity index (χ2v) is 6.40. The van der Waals surface area contributed by atoms with Crippen LogP contribution < -0.4 is 21.9 Å². The minimum atomic E-state index is -0.0651. The summed E-state index contributed by atoms with van der Waals surface area (Å²) in [4.78, 5) is 22.3. The molecule has 0 aliphatic rings. The van der Waals surface area contributed by atoms with Crippen LogP contribution in [0.1, 0.15) is 18.7 Å². The van der Waals surface area contributed by atoms with Gasteiger partial charge in [0, 0.05) is 11.4 Å². The Morgan fingerprint density at radius 3 is 2.86 bits per heavy atom. The number of aryl methyl sites for hydroxylation is 1. The molecule has 2 aromatic heterocycles. The molecule has 1 amide bonds. The molecule has 2 rings (SSSR count). The molecule has 0 saturated carbocycles. The van der Waals surface area contributed by atoms with Crippen molar-refractivity contribution in [3.05, 3.63) is 10.9 Å². The van der Waals surface area contributed by atoms with Gasteiger partial charge in [0.2, 0.25) is 11.9 Å². The summed E-state index contributed by atoms with van der Waals surface area (Å²) in [6, 6.07) is 1.99. The number of nitrogens with zero attached hydrogens (tertiary/aromatic N) is 2. The van der Waals surface area contributed by atoms with Crippen LogP contribution in [0, 0.1) is 12.8 Å². The first-order valence-electron chi connectivity index (χ1n) is 6.75. The minimum Gasteiger partial charge on any atom is -0.360 e. The number of amides is 1. The van der Waals surface area contributed by atoms with Gasteiger partial charge in [0.25, 0.3) is 0 Å². The highest BCUT2D eigenvalue weighted by Crippen LogP contribution is 2.29. The molecule has 0 unspecified atom stereocenters. The van der Waals surface area contributed by atoms with Crippen LogP contribution in [0.15, 0.2) is 6.07 Å². The molecule has 0 fully saturated rings. The predicted molar refractivity (Wildman–Crippen MR) is 86.3 cm³/mol. The van der Waals surface area contributed by atoms with Crippen molar-refractivity contribution in [2.45, 2.75) is 20.8 Å². The molecule has 0 aromatic carbocycles. The summed E-state index contributed by atoms with van der Waals surface area (Å²) in [7, 11) is 0. The van der Waals surface area contributed by atoms with Crippen LogP contribution in [0.3, 0.4) is 0 Å². The molecular weight excluding hydrogens is 288 g/mol. The van der Waals surface area contributed by atoms with Gasteiger partial charge in [-0.25, -0.2) is 10.8 Å². The summed E-state index contributed by atoms with van der Waals surface area (Å²) in [6.07, 6.45) is 0. The largest absolute Gasteiger partial charge is 0.360 e. The van der Waals surface area contributed by atoms with Gasteiger partial charge in [-0.15, -0.1) is 11.3 Å². The molecule has 2 heterocycles. The number of hydrogen-bond donors (Lipinski definition) is 4. The van der Waals surface area contributed by atoms with Crippen molar-refractivity contribution in [1.29, 1.82) is 0 Å². The van der Waals surface area contributed by atoms with Gasteiger partial charge in [0.05, 0.1) is 11.9 Å². The third-order valence-electron chi connectivity index (χ3n) is 2.77. The van der Waals surface area contributed by atoms with Crippen molar-refractivity contribution in [1.82, 2.24) is 15.3 Å². The van der Waals surface area contributed by atoms with Crippen molar-refractivity contribution in [3.8, 4) is 0 Å². The van der Waals surface area contributed by atoms with Crippen molar-refractivity contribution in [3.63, 3.8) is 0 Å². The fraction of sp³-hybridized carbons (Fsp3) is 0.462. The Balaban J connectivity index is 2.11. The summed E-state index contributed by atoms with van der Waals surface area (Å²) in [5.74, 6) is 6.67. The smallest absolute Gasteiger partial charge is 0.240 e. The lowest BCUT2D eigenvalue weighted by Crippen LogP contribution is -2.32. The lowest BCUT2D eigenvalue weighted by Gasteiger charge is -2.10. The molecule has 0 bridgehead atoms. The van der Waals surface area contributed by atoms with Gasteiger partial charge in [-0.1, -0.05) is 13.8 Å². The normalized spacial score (nSPS) is 10.9. The van der Waals surface area contributed by atoms with E-state index in [-0.39, 0.29) is 12.5 Å². The molecule has 0 aliphatic carbocycles. The Bertz CT molecular complexity index is 639. The molecule has 2 aromatic rings. The van der Waals surface area contributed by atoms with E-state index in [2.05, 4.69) is 39.9 Å². The SMILES string of the molecule is Cc1cc2c(NCC(=O)NCC(C)C)nc(NN)nc2s1. The zero-order chi connectivity index (χ0) is 15.4. The number of carbonyl (C=O) groups excluding carboxylic acids is 1. The molecule has 21 heavy (non-hydrogen) atoms. The van der Waals surface area contributed by atoms with Gasteiger partial charge in [0.15, 0.2) is 0 Å². The highest BCUT2D eigenvalue weighted by Gasteiger charge is 2.11. The van der Waals surface area contributed by atoms with E-state index in [9.17, 15) is 4.79 Å². The molecule has 0 spiro atoms. The first-order chi connectivity index (χ1) is 9.99. The third kappa shape index (κ3) is 4.02. The van der Waals surface area contributed by atoms with E-state index in [4.69, 9.17) is 5.84 Å². The van der Waals surface area contributed by atoms with Crippen LogP contribution in [0.25, 0.3) is 10.2 Å². The van der Waals surface area contributed by atoms with Crippen molar-refractivity contribution in [2.24, 2.45) is 11.8 Å². The average Bonchev–Trinajstić information content (AvgIpc) is 2.82. The van der Waals surface area contributed by atoms with E-state index in [1.807, 2.05) is 13.0 Å². The van der Waals surface area contributed by atoms with Crippen LogP contribution in [0.4, 0.5) is 11.8 Å². The highest BCUT2D eigenvalue weighted by molar-refractivity contribution is 7.18. The summed E-state index contributed by atoms with van der Waals surface area (Å²) in [5, 5.41) is 6.80.